The topological polar surface area (TPSA) is 70.2 Å². The maximum absolute atomic E-state index is 12.7. The summed E-state index contributed by atoms with van der Waals surface area (Å²) in [7, 11) is 0. The Morgan fingerprint density at radius 3 is 2.64 bits per heavy atom. The minimum Gasteiger partial charge on any atom is -0.383 e. The maximum atomic E-state index is 12.7. The first-order valence-electron chi connectivity index (χ1n) is 9.69. The van der Waals surface area contributed by atoms with Gasteiger partial charge >= 0.3 is 0 Å². The van der Waals surface area contributed by atoms with Crippen LogP contribution in [0.3, 0.4) is 0 Å². The molecule has 0 bridgehead atoms. The molecular weight excluding hydrogens is 394 g/mol. The number of benzene rings is 1. The first-order valence-corrected chi connectivity index (χ1v) is 10.9. The van der Waals surface area contributed by atoms with Crippen molar-refractivity contribution in [2.75, 3.05) is 17.2 Å². The van der Waals surface area contributed by atoms with Crippen LogP contribution in [-0.4, -0.2) is 18.4 Å². The van der Waals surface area contributed by atoms with Gasteiger partial charge in [-0.1, -0.05) is 30.9 Å². The standard InChI is InChI=1S/C21H26ClN3O2S/c1-14(26)23-13-17-8-10-20(28-17)21(27)25-19-11-16(22)7-9-18(19)24-12-15-5-3-2-4-6-15/h7-11,15,24H,2-6,12-13H2,1H3,(H,23,26)(H,25,27). The van der Waals surface area contributed by atoms with Crippen LogP contribution in [-0.2, 0) is 11.3 Å². The normalized spacial score (nSPS) is 14.5. The number of amides is 2. The Morgan fingerprint density at radius 2 is 1.89 bits per heavy atom. The number of nitrogens with one attached hydrogen (secondary N) is 3. The molecule has 1 fully saturated rings. The van der Waals surface area contributed by atoms with E-state index in [1.807, 2.05) is 18.2 Å². The molecule has 150 valence electrons. The van der Waals surface area contributed by atoms with Crippen LogP contribution in [0.15, 0.2) is 30.3 Å². The van der Waals surface area contributed by atoms with Crippen molar-refractivity contribution >= 4 is 46.1 Å². The van der Waals surface area contributed by atoms with E-state index in [1.165, 1.54) is 50.4 Å². The lowest BCUT2D eigenvalue weighted by atomic mass is 9.89. The summed E-state index contributed by atoms with van der Waals surface area (Å²) in [4.78, 5) is 25.2. The highest BCUT2D eigenvalue weighted by atomic mass is 35.5. The van der Waals surface area contributed by atoms with E-state index in [2.05, 4.69) is 16.0 Å². The fourth-order valence-corrected chi connectivity index (χ4v) is 4.42. The molecule has 0 unspecified atom stereocenters. The molecule has 0 radical (unpaired) electrons. The summed E-state index contributed by atoms with van der Waals surface area (Å²) in [5.74, 6) is 0.413. The van der Waals surface area contributed by atoms with E-state index in [1.54, 1.807) is 12.1 Å². The van der Waals surface area contributed by atoms with Crippen LogP contribution in [0, 0.1) is 5.92 Å². The monoisotopic (exact) mass is 419 g/mol. The lowest BCUT2D eigenvalue weighted by molar-refractivity contribution is -0.119. The van der Waals surface area contributed by atoms with Crippen molar-refractivity contribution in [2.45, 2.75) is 45.6 Å². The molecule has 28 heavy (non-hydrogen) atoms. The highest BCUT2D eigenvalue weighted by molar-refractivity contribution is 7.14. The fraction of sp³-hybridized carbons (Fsp3) is 0.429. The highest BCUT2D eigenvalue weighted by Crippen LogP contribution is 2.29. The molecular formula is C21H26ClN3O2S. The molecule has 1 aliphatic carbocycles. The van der Waals surface area contributed by atoms with E-state index >= 15 is 0 Å². The molecule has 2 amide bonds. The lowest BCUT2D eigenvalue weighted by Crippen LogP contribution is -2.19. The SMILES string of the molecule is CC(=O)NCc1ccc(C(=O)Nc2cc(Cl)ccc2NCC2CCCCC2)s1. The number of carbonyl (C=O) groups is 2. The molecule has 1 aromatic carbocycles. The van der Waals surface area contributed by atoms with Gasteiger partial charge in [0.05, 0.1) is 22.8 Å². The number of hydrogen-bond donors (Lipinski definition) is 3. The van der Waals surface area contributed by atoms with Crippen LogP contribution in [0.25, 0.3) is 0 Å². The molecule has 1 saturated carbocycles. The Labute approximate surface area is 174 Å². The summed E-state index contributed by atoms with van der Waals surface area (Å²) in [6.07, 6.45) is 6.46. The van der Waals surface area contributed by atoms with Crippen molar-refractivity contribution < 1.29 is 9.59 Å². The largest absolute Gasteiger partial charge is 0.383 e. The van der Waals surface area contributed by atoms with Crippen molar-refractivity contribution in [1.29, 1.82) is 0 Å². The summed E-state index contributed by atoms with van der Waals surface area (Å²) in [5.41, 5.74) is 1.57. The molecule has 0 atom stereocenters. The van der Waals surface area contributed by atoms with E-state index in [9.17, 15) is 9.59 Å². The van der Waals surface area contributed by atoms with Gasteiger partial charge < -0.3 is 16.0 Å². The molecule has 0 spiro atoms. The van der Waals surface area contributed by atoms with Gasteiger partial charge in [0.25, 0.3) is 5.91 Å². The molecule has 1 aromatic heterocycles. The van der Waals surface area contributed by atoms with Crippen molar-refractivity contribution in [3.8, 4) is 0 Å². The number of hydrogen-bond acceptors (Lipinski definition) is 4. The Kier molecular flexibility index (Phi) is 7.34. The van der Waals surface area contributed by atoms with Crippen LogP contribution < -0.4 is 16.0 Å². The second kappa shape index (κ2) is 9.94. The summed E-state index contributed by atoms with van der Waals surface area (Å²) in [6.45, 7) is 2.81. The average Bonchev–Trinajstić information content (AvgIpc) is 3.16. The van der Waals surface area contributed by atoms with Gasteiger partial charge in [-0.15, -0.1) is 11.3 Å². The quantitative estimate of drug-likeness (QED) is 0.571. The Bertz CT molecular complexity index is 831. The maximum Gasteiger partial charge on any atom is 0.265 e. The first-order chi connectivity index (χ1) is 13.5. The van der Waals surface area contributed by atoms with Crippen molar-refractivity contribution in [3.05, 3.63) is 45.1 Å². The lowest BCUT2D eigenvalue weighted by Gasteiger charge is -2.23. The van der Waals surface area contributed by atoms with Crippen molar-refractivity contribution in [3.63, 3.8) is 0 Å². The molecule has 0 aliphatic heterocycles. The number of halogens is 1. The number of anilines is 2. The van der Waals surface area contributed by atoms with Crippen LogP contribution in [0.4, 0.5) is 11.4 Å². The predicted molar refractivity (Wildman–Crippen MR) is 116 cm³/mol. The Morgan fingerprint density at radius 1 is 1.11 bits per heavy atom. The third-order valence-electron chi connectivity index (χ3n) is 4.93. The van der Waals surface area contributed by atoms with Crippen LogP contribution in [0.5, 0.6) is 0 Å². The molecule has 7 heteroatoms. The molecule has 1 heterocycles. The van der Waals surface area contributed by atoms with Crippen LogP contribution in [0.2, 0.25) is 5.02 Å². The second-order valence-corrected chi connectivity index (χ2v) is 8.81. The number of thiophene rings is 1. The van der Waals surface area contributed by atoms with Gasteiger partial charge in [-0.05, 0) is 49.1 Å². The summed E-state index contributed by atoms with van der Waals surface area (Å²) in [5, 5.41) is 9.78. The Balaban J connectivity index is 1.64. The van der Waals surface area contributed by atoms with E-state index in [0.29, 0.717) is 28.0 Å². The number of carbonyl (C=O) groups excluding carboxylic acids is 2. The third-order valence-corrected chi connectivity index (χ3v) is 6.25. The van der Waals surface area contributed by atoms with Crippen molar-refractivity contribution in [2.24, 2.45) is 5.92 Å². The average molecular weight is 420 g/mol. The molecule has 3 rings (SSSR count). The van der Waals surface area contributed by atoms with Gasteiger partial charge in [-0.25, -0.2) is 0 Å². The molecule has 1 aliphatic rings. The second-order valence-electron chi connectivity index (χ2n) is 7.20. The zero-order chi connectivity index (χ0) is 19.9. The molecule has 5 nitrogen and oxygen atoms in total. The summed E-state index contributed by atoms with van der Waals surface area (Å²) >= 11 is 7.52. The third kappa shape index (κ3) is 5.97. The van der Waals surface area contributed by atoms with Gasteiger partial charge in [0.1, 0.15) is 0 Å². The predicted octanol–water partition coefficient (Wildman–Crippen LogP) is 5.28. The van der Waals surface area contributed by atoms with Gasteiger partial charge in [-0.3, -0.25) is 9.59 Å². The van der Waals surface area contributed by atoms with Gasteiger partial charge in [0, 0.05) is 23.4 Å². The minimum absolute atomic E-state index is 0.0907. The highest BCUT2D eigenvalue weighted by Gasteiger charge is 2.16. The van der Waals surface area contributed by atoms with E-state index in [-0.39, 0.29) is 11.8 Å². The van der Waals surface area contributed by atoms with E-state index in [0.717, 1.165) is 17.1 Å². The smallest absolute Gasteiger partial charge is 0.265 e. The van der Waals surface area contributed by atoms with Gasteiger partial charge in [0.2, 0.25) is 5.91 Å². The summed E-state index contributed by atoms with van der Waals surface area (Å²) in [6, 6.07) is 9.15. The Hall–Kier alpha value is -2.05. The minimum atomic E-state index is -0.179. The number of rotatable bonds is 7. The molecule has 0 saturated heterocycles. The zero-order valence-corrected chi connectivity index (χ0v) is 17.6. The molecule has 2 aromatic rings. The van der Waals surface area contributed by atoms with E-state index in [4.69, 9.17) is 11.6 Å². The first kappa shape index (κ1) is 20.7. The van der Waals surface area contributed by atoms with E-state index < -0.39 is 0 Å². The fourth-order valence-electron chi connectivity index (χ4n) is 3.41. The van der Waals surface area contributed by atoms with Gasteiger partial charge in [-0.2, -0.15) is 0 Å². The van der Waals surface area contributed by atoms with Crippen LogP contribution >= 0.6 is 22.9 Å². The van der Waals surface area contributed by atoms with Gasteiger partial charge in [0.15, 0.2) is 0 Å². The van der Waals surface area contributed by atoms with Crippen LogP contribution in [0.1, 0.15) is 53.6 Å². The summed E-state index contributed by atoms with van der Waals surface area (Å²) < 4.78 is 0. The molecule has 3 N–H and O–H groups in total. The van der Waals surface area contributed by atoms with Crippen molar-refractivity contribution in [1.82, 2.24) is 5.32 Å². The zero-order valence-electron chi connectivity index (χ0n) is 16.0.